The number of sulfonamides is 1. The molecule has 0 spiro atoms. The maximum atomic E-state index is 12.8. The molecule has 0 aromatic heterocycles. The van der Waals surface area contributed by atoms with Crippen molar-refractivity contribution in [2.24, 2.45) is 0 Å². The van der Waals surface area contributed by atoms with Crippen LogP contribution in [0.3, 0.4) is 0 Å². The van der Waals surface area contributed by atoms with Crippen molar-refractivity contribution in [1.82, 2.24) is 4.31 Å². The summed E-state index contributed by atoms with van der Waals surface area (Å²) in [5.74, 6) is -0.218. The molecule has 1 aromatic carbocycles. The molecular formula is C17H27ClN3O3S+. The highest BCUT2D eigenvalue weighted by Crippen LogP contribution is 2.28. The fraction of sp³-hybridized carbons (Fsp3) is 0.588. The van der Waals surface area contributed by atoms with E-state index in [1.54, 1.807) is 0 Å². The van der Waals surface area contributed by atoms with Gasteiger partial charge in [0.05, 0.1) is 21.1 Å². The highest BCUT2D eigenvalue weighted by Gasteiger charge is 2.26. The quantitative estimate of drug-likeness (QED) is 0.806. The molecule has 0 saturated carbocycles. The predicted molar refractivity (Wildman–Crippen MR) is 99.2 cm³/mol. The van der Waals surface area contributed by atoms with Gasteiger partial charge in [-0.2, -0.15) is 4.31 Å². The summed E-state index contributed by atoms with van der Waals surface area (Å²) in [5, 5.41) is 4.94. The highest BCUT2D eigenvalue weighted by atomic mass is 35.5. The topological polar surface area (TPSA) is 83.1 Å². The normalized spacial score (nSPS) is 16.6. The molecule has 8 heteroatoms. The van der Waals surface area contributed by atoms with Crippen molar-refractivity contribution in [3.05, 3.63) is 23.2 Å². The summed E-state index contributed by atoms with van der Waals surface area (Å²) in [6.45, 7) is 7.35. The molecule has 25 heavy (non-hydrogen) atoms. The summed E-state index contributed by atoms with van der Waals surface area (Å²) in [4.78, 5) is 12.3. The molecule has 140 valence electrons. The van der Waals surface area contributed by atoms with E-state index in [1.807, 2.05) is 26.1 Å². The van der Waals surface area contributed by atoms with Crippen molar-refractivity contribution >= 4 is 33.2 Å². The van der Waals surface area contributed by atoms with Gasteiger partial charge in [0.25, 0.3) is 5.91 Å². The number of piperidine rings is 1. The first-order valence-corrected chi connectivity index (χ1v) is 10.4. The van der Waals surface area contributed by atoms with Crippen LogP contribution >= 0.6 is 11.6 Å². The van der Waals surface area contributed by atoms with Crippen molar-refractivity contribution in [2.75, 3.05) is 25.0 Å². The van der Waals surface area contributed by atoms with Gasteiger partial charge in [0.2, 0.25) is 10.0 Å². The molecule has 0 aliphatic carbocycles. The number of hydrogen-bond acceptors (Lipinski definition) is 3. The Morgan fingerprint density at radius 3 is 2.48 bits per heavy atom. The lowest BCUT2D eigenvalue weighted by Crippen LogP contribution is -2.95. The Hall–Kier alpha value is -1.15. The Morgan fingerprint density at radius 1 is 1.24 bits per heavy atom. The van der Waals surface area contributed by atoms with Crippen LogP contribution in [0.2, 0.25) is 5.02 Å². The molecule has 1 aromatic rings. The second kappa shape index (κ2) is 8.03. The van der Waals surface area contributed by atoms with Crippen LogP contribution < -0.4 is 10.6 Å². The molecule has 0 radical (unpaired) electrons. The van der Waals surface area contributed by atoms with E-state index in [-0.39, 0.29) is 22.9 Å². The maximum absolute atomic E-state index is 12.8. The third-order valence-corrected chi connectivity index (χ3v) is 6.29. The van der Waals surface area contributed by atoms with Gasteiger partial charge in [-0.05, 0) is 51.8 Å². The zero-order chi connectivity index (χ0) is 18.7. The molecule has 1 aliphatic rings. The highest BCUT2D eigenvalue weighted by molar-refractivity contribution is 7.89. The van der Waals surface area contributed by atoms with Gasteiger partial charge in [0.1, 0.15) is 0 Å². The van der Waals surface area contributed by atoms with Crippen molar-refractivity contribution in [2.45, 2.75) is 50.5 Å². The molecule has 3 N–H and O–H groups in total. The smallest absolute Gasteiger partial charge is 0.279 e. The number of carbonyl (C=O) groups excluding carboxylic acids is 1. The lowest BCUT2D eigenvalue weighted by molar-refractivity contribution is -0.707. The minimum absolute atomic E-state index is 0.0689. The number of amides is 1. The molecule has 0 bridgehead atoms. The first-order chi connectivity index (χ1) is 11.6. The molecule has 1 aliphatic heterocycles. The van der Waals surface area contributed by atoms with Crippen LogP contribution in [0.5, 0.6) is 0 Å². The van der Waals surface area contributed by atoms with E-state index in [4.69, 9.17) is 11.6 Å². The number of anilines is 1. The summed E-state index contributed by atoms with van der Waals surface area (Å²) in [5.41, 5.74) is 0.257. The Labute approximate surface area is 155 Å². The monoisotopic (exact) mass is 388 g/mol. The number of halogens is 1. The van der Waals surface area contributed by atoms with Crippen LogP contribution in [0.1, 0.15) is 40.0 Å². The molecule has 2 rings (SSSR count). The number of nitrogens with zero attached hydrogens (tertiary/aromatic N) is 1. The van der Waals surface area contributed by atoms with Gasteiger partial charge >= 0.3 is 0 Å². The summed E-state index contributed by atoms with van der Waals surface area (Å²) < 4.78 is 27.0. The number of quaternary nitrogens is 1. The number of nitrogens with one attached hydrogen (secondary N) is 1. The molecule has 1 amide bonds. The van der Waals surface area contributed by atoms with Crippen LogP contribution in [0.4, 0.5) is 5.69 Å². The fourth-order valence-electron chi connectivity index (χ4n) is 2.62. The van der Waals surface area contributed by atoms with E-state index in [0.29, 0.717) is 23.8 Å². The van der Waals surface area contributed by atoms with E-state index in [1.165, 1.54) is 22.5 Å². The van der Waals surface area contributed by atoms with Crippen molar-refractivity contribution in [1.29, 1.82) is 0 Å². The number of carbonyl (C=O) groups is 1. The number of hydrogen-bond donors (Lipinski definition) is 2. The largest absolute Gasteiger partial charge is 0.334 e. The second-order valence-corrected chi connectivity index (χ2v) is 9.77. The maximum Gasteiger partial charge on any atom is 0.279 e. The summed E-state index contributed by atoms with van der Waals surface area (Å²) >= 11 is 6.13. The summed E-state index contributed by atoms with van der Waals surface area (Å²) in [7, 11) is -3.56. The number of nitrogens with two attached hydrogens (primary N) is 1. The van der Waals surface area contributed by atoms with Crippen molar-refractivity contribution in [3.8, 4) is 0 Å². The van der Waals surface area contributed by atoms with E-state index in [9.17, 15) is 13.2 Å². The Kier molecular flexibility index (Phi) is 6.48. The van der Waals surface area contributed by atoms with E-state index < -0.39 is 10.0 Å². The van der Waals surface area contributed by atoms with Crippen LogP contribution in [-0.2, 0) is 14.8 Å². The van der Waals surface area contributed by atoms with E-state index in [0.717, 1.165) is 19.3 Å². The Bertz CT molecular complexity index is 723. The van der Waals surface area contributed by atoms with Gasteiger partial charge in [0.15, 0.2) is 6.54 Å². The van der Waals surface area contributed by atoms with Crippen molar-refractivity contribution < 1.29 is 18.5 Å². The minimum atomic E-state index is -3.56. The number of benzene rings is 1. The summed E-state index contributed by atoms with van der Waals surface area (Å²) in [6.07, 6.45) is 2.80. The van der Waals surface area contributed by atoms with E-state index in [2.05, 4.69) is 5.32 Å². The van der Waals surface area contributed by atoms with Crippen LogP contribution in [0.15, 0.2) is 23.1 Å². The Morgan fingerprint density at radius 2 is 1.88 bits per heavy atom. The first kappa shape index (κ1) is 20.2. The van der Waals surface area contributed by atoms with Gasteiger partial charge < -0.3 is 10.6 Å². The molecule has 1 fully saturated rings. The van der Waals surface area contributed by atoms with Gasteiger partial charge in [-0.15, -0.1) is 0 Å². The summed E-state index contributed by atoms with van der Waals surface area (Å²) in [6, 6.07) is 4.45. The second-order valence-electron chi connectivity index (χ2n) is 7.43. The molecule has 0 atom stereocenters. The van der Waals surface area contributed by atoms with Crippen LogP contribution in [-0.4, -0.2) is 43.8 Å². The van der Waals surface area contributed by atoms with Crippen LogP contribution in [0, 0.1) is 0 Å². The Balaban J connectivity index is 2.15. The van der Waals surface area contributed by atoms with Gasteiger partial charge in [-0.3, -0.25) is 4.79 Å². The lowest BCUT2D eigenvalue weighted by Gasteiger charge is -2.26. The molecule has 6 nitrogen and oxygen atoms in total. The zero-order valence-corrected chi connectivity index (χ0v) is 16.6. The number of rotatable bonds is 5. The third kappa shape index (κ3) is 5.67. The van der Waals surface area contributed by atoms with E-state index >= 15 is 0 Å². The van der Waals surface area contributed by atoms with Crippen LogP contribution in [0.25, 0.3) is 0 Å². The standard InChI is InChI=1S/C17H26ClN3O3S/c1-17(2,3)19-12-16(22)20-15-11-13(7-8-14(15)18)25(23,24)21-9-5-4-6-10-21/h7-8,11,19H,4-6,9-10,12H2,1-3H3,(H,20,22)/p+1. The van der Waals surface area contributed by atoms with Gasteiger partial charge in [0, 0.05) is 13.1 Å². The zero-order valence-electron chi connectivity index (χ0n) is 15.0. The first-order valence-electron chi connectivity index (χ1n) is 8.53. The molecule has 0 unspecified atom stereocenters. The third-order valence-electron chi connectivity index (χ3n) is 4.06. The molecule has 1 saturated heterocycles. The van der Waals surface area contributed by atoms with Crippen molar-refractivity contribution in [3.63, 3.8) is 0 Å². The fourth-order valence-corrected chi connectivity index (χ4v) is 4.32. The lowest BCUT2D eigenvalue weighted by atomic mass is 10.1. The average molecular weight is 389 g/mol. The SMILES string of the molecule is CC(C)(C)[NH2+]CC(=O)Nc1cc(S(=O)(=O)N2CCCCC2)ccc1Cl. The molecular weight excluding hydrogens is 362 g/mol. The average Bonchev–Trinajstić information content (AvgIpc) is 2.55. The predicted octanol–water partition coefficient (Wildman–Crippen LogP) is 1.81. The van der Waals surface area contributed by atoms with Gasteiger partial charge in [-0.1, -0.05) is 18.0 Å². The van der Waals surface area contributed by atoms with Gasteiger partial charge in [-0.25, -0.2) is 8.42 Å². The molecule has 1 heterocycles. The minimum Gasteiger partial charge on any atom is -0.334 e.